The quantitative estimate of drug-likeness (QED) is 0.743. The standard InChI is InChI=1S/C11H12O5/c1-6-3-7(5-12)9(8(4-6)16-2)10(13)11(14)15/h3-5,10,13H,1-2H3,(H,14,15). The maximum absolute atomic E-state index is 10.8. The van der Waals surface area contributed by atoms with Gasteiger partial charge in [-0.25, -0.2) is 4.79 Å². The molecule has 1 atom stereocenters. The largest absolute Gasteiger partial charge is 0.496 e. The summed E-state index contributed by atoms with van der Waals surface area (Å²) in [5, 5.41) is 18.2. The zero-order chi connectivity index (χ0) is 12.3. The Hall–Kier alpha value is -1.88. The number of carbonyl (C=O) groups excluding carboxylic acids is 1. The highest BCUT2D eigenvalue weighted by atomic mass is 16.5. The van der Waals surface area contributed by atoms with Crippen molar-refractivity contribution in [1.82, 2.24) is 0 Å². The molecule has 0 aliphatic carbocycles. The second-order valence-electron chi connectivity index (χ2n) is 3.33. The van der Waals surface area contributed by atoms with Crippen LogP contribution in [0.1, 0.15) is 27.6 Å². The number of aliphatic carboxylic acids is 1. The van der Waals surface area contributed by atoms with E-state index in [9.17, 15) is 14.7 Å². The Morgan fingerprint density at radius 1 is 1.50 bits per heavy atom. The van der Waals surface area contributed by atoms with Gasteiger partial charge in [0.05, 0.1) is 7.11 Å². The lowest BCUT2D eigenvalue weighted by molar-refractivity contribution is -0.147. The van der Waals surface area contributed by atoms with E-state index in [1.54, 1.807) is 13.0 Å². The Kier molecular flexibility index (Phi) is 3.63. The van der Waals surface area contributed by atoms with Crippen LogP contribution >= 0.6 is 0 Å². The third-order valence-electron chi connectivity index (χ3n) is 2.17. The molecular weight excluding hydrogens is 212 g/mol. The molecule has 1 rings (SSSR count). The molecule has 86 valence electrons. The van der Waals surface area contributed by atoms with Gasteiger partial charge in [-0.2, -0.15) is 0 Å². The Labute approximate surface area is 92.3 Å². The van der Waals surface area contributed by atoms with Crippen LogP contribution in [0.3, 0.4) is 0 Å². The van der Waals surface area contributed by atoms with Crippen LogP contribution in [0.15, 0.2) is 12.1 Å². The minimum absolute atomic E-state index is 0.0180. The van der Waals surface area contributed by atoms with Gasteiger partial charge in [0.2, 0.25) is 0 Å². The van der Waals surface area contributed by atoms with Gasteiger partial charge in [0.15, 0.2) is 12.4 Å². The molecule has 16 heavy (non-hydrogen) atoms. The maximum Gasteiger partial charge on any atom is 0.337 e. The van der Waals surface area contributed by atoms with Crippen LogP contribution in [-0.4, -0.2) is 29.6 Å². The summed E-state index contributed by atoms with van der Waals surface area (Å²) in [6, 6.07) is 3.06. The highest BCUT2D eigenvalue weighted by molar-refractivity contribution is 5.85. The lowest BCUT2D eigenvalue weighted by atomic mass is 9.99. The Morgan fingerprint density at radius 3 is 2.56 bits per heavy atom. The molecule has 1 aromatic rings. The Bertz CT molecular complexity index is 425. The fourth-order valence-corrected chi connectivity index (χ4v) is 1.47. The topological polar surface area (TPSA) is 83.8 Å². The minimum Gasteiger partial charge on any atom is -0.496 e. The average molecular weight is 224 g/mol. The number of ether oxygens (including phenoxy) is 1. The van der Waals surface area contributed by atoms with E-state index in [1.165, 1.54) is 13.2 Å². The van der Waals surface area contributed by atoms with Crippen LogP contribution in [0.5, 0.6) is 5.75 Å². The smallest absolute Gasteiger partial charge is 0.337 e. The molecule has 2 N–H and O–H groups in total. The normalized spacial score (nSPS) is 11.9. The second kappa shape index (κ2) is 4.76. The molecule has 0 radical (unpaired) electrons. The number of methoxy groups -OCH3 is 1. The van der Waals surface area contributed by atoms with Gasteiger partial charge in [-0.3, -0.25) is 4.79 Å². The number of carboxylic acid groups (broad SMARTS) is 1. The van der Waals surface area contributed by atoms with Gasteiger partial charge >= 0.3 is 5.97 Å². The van der Waals surface area contributed by atoms with E-state index in [4.69, 9.17) is 9.84 Å². The number of aliphatic hydroxyl groups is 1. The molecule has 0 aliphatic heterocycles. The van der Waals surface area contributed by atoms with Gasteiger partial charge in [-0.15, -0.1) is 0 Å². The summed E-state index contributed by atoms with van der Waals surface area (Å²) in [5.74, 6) is -1.23. The van der Waals surface area contributed by atoms with Crippen molar-refractivity contribution in [3.8, 4) is 5.75 Å². The predicted molar refractivity (Wildman–Crippen MR) is 55.7 cm³/mol. The number of benzene rings is 1. The summed E-state index contributed by atoms with van der Waals surface area (Å²) < 4.78 is 4.96. The van der Waals surface area contributed by atoms with Crippen molar-refractivity contribution >= 4 is 12.3 Å². The molecule has 0 spiro atoms. The molecule has 0 heterocycles. The third kappa shape index (κ3) is 2.20. The van der Waals surface area contributed by atoms with Crippen molar-refractivity contribution in [1.29, 1.82) is 0 Å². The highest BCUT2D eigenvalue weighted by Gasteiger charge is 2.24. The lowest BCUT2D eigenvalue weighted by Gasteiger charge is -2.14. The molecule has 0 saturated heterocycles. The molecule has 0 fully saturated rings. The first-order chi connectivity index (χ1) is 7.51. The van der Waals surface area contributed by atoms with Crippen molar-refractivity contribution in [3.05, 3.63) is 28.8 Å². The van der Waals surface area contributed by atoms with Gasteiger partial charge < -0.3 is 14.9 Å². The highest BCUT2D eigenvalue weighted by Crippen LogP contribution is 2.29. The summed E-state index contributed by atoms with van der Waals surface area (Å²) in [6.45, 7) is 1.74. The number of carboxylic acids is 1. The molecule has 5 heteroatoms. The zero-order valence-corrected chi connectivity index (χ0v) is 8.93. The van der Waals surface area contributed by atoms with Gasteiger partial charge in [0.25, 0.3) is 0 Å². The first-order valence-corrected chi connectivity index (χ1v) is 4.55. The van der Waals surface area contributed by atoms with Crippen LogP contribution in [-0.2, 0) is 4.79 Å². The first kappa shape index (κ1) is 12.2. The number of aliphatic hydroxyl groups excluding tert-OH is 1. The van der Waals surface area contributed by atoms with E-state index in [0.717, 1.165) is 5.56 Å². The van der Waals surface area contributed by atoms with E-state index in [0.29, 0.717) is 6.29 Å². The first-order valence-electron chi connectivity index (χ1n) is 4.55. The summed E-state index contributed by atoms with van der Waals surface area (Å²) in [7, 11) is 1.35. The van der Waals surface area contributed by atoms with E-state index in [1.807, 2.05) is 0 Å². The molecule has 5 nitrogen and oxygen atoms in total. The number of hydrogen-bond acceptors (Lipinski definition) is 4. The van der Waals surface area contributed by atoms with Crippen molar-refractivity contribution in [3.63, 3.8) is 0 Å². The van der Waals surface area contributed by atoms with Crippen molar-refractivity contribution in [2.45, 2.75) is 13.0 Å². The number of rotatable bonds is 4. The van der Waals surface area contributed by atoms with Crippen LogP contribution in [0.4, 0.5) is 0 Å². The molecule has 0 saturated carbocycles. The molecule has 0 amide bonds. The summed E-state index contributed by atoms with van der Waals surface area (Å²) in [6.07, 6.45) is -1.27. The fourth-order valence-electron chi connectivity index (χ4n) is 1.47. The van der Waals surface area contributed by atoms with Crippen LogP contribution in [0, 0.1) is 6.92 Å². The van der Waals surface area contributed by atoms with Gasteiger partial charge in [0.1, 0.15) is 5.75 Å². The molecular formula is C11H12O5. The molecule has 1 unspecified atom stereocenters. The van der Waals surface area contributed by atoms with Crippen molar-refractivity contribution in [2.75, 3.05) is 7.11 Å². The number of carbonyl (C=O) groups is 2. The number of aldehydes is 1. The molecule has 0 aliphatic rings. The minimum atomic E-state index is -1.77. The van der Waals surface area contributed by atoms with Crippen LogP contribution < -0.4 is 4.74 Å². The SMILES string of the molecule is COc1cc(C)cc(C=O)c1C(O)C(=O)O. The molecule has 0 bridgehead atoms. The molecule has 1 aromatic carbocycles. The van der Waals surface area contributed by atoms with E-state index in [-0.39, 0.29) is 16.9 Å². The van der Waals surface area contributed by atoms with Gasteiger partial charge in [0, 0.05) is 11.1 Å². The van der Waals surface area contributed by atoms with Crippen molar-refractivity contribution in [2.24, 2.45) is 0 Å². The summed E-state index contributed by atoms with van der Waals surface area (Å²) >= 11 is 0. The third-order valence-corrected chi connectivity index (χ3v) is 2.17. The number of hydrogen-bond donors (Lipinski definition) is 2. The van der Waals surface area contributed by atoms with Gasteiger partial charge in [-0.05, 0) is 24.6 Å². The number of aryl methyl sites for hydroxylation is 1. The summed E-state index contributed by atoms with van der Waals surface area (Å²) in [5.41, 5.74) is 0.850. The monoisotopic (exact) mass is 224 g/mol. The van der Waals surface area contributed by atoms with Gasteiger partial charge in [-0.1, -0.05) is 0 Å². The Balaban J connectivity index is 3.44. The lowest BCUT2D eigenvalue weighted by Crippen LogP contribution is -2.14. The van der Waals surface area contributed by atoms with Crippen LogP contribution in [0.25, 0.3) is 0 Å². The maximum atomic E-state index is 10.8. The Morgan fingerprint density at radius 2 is 2.12 bits per heavy atom. The van der Waals surface area contributed by atoms with E-state index in [2.05, 4.69) is 0 Å². The zero-order valence-electron chi connectivity index (χ0n) is 8.93. The van der Waals surface area contributed by atoms with E-state index >= 15 is 0 Å². The molecule has 0 aromatic heterocycles. The predicted octanol–water partition coefficient (Wildman–Crippen LogP) is 0.934. The van der Waals surface area contributed by atoms with E-state index < -0.39 is 12.1 Å². The fraction of sp³-hybridized carbons (Fsp3) is 0.273. The second-order valence-corrected chi connectivity index (χ2v) is 3.33. The average Bonchev–Trinajstić information content (AvgIpc) is 2.26. The summed E-state index contributed by atoms with van der Waals surface area (Å²) in [4.78, 5) is 21.5. The van der Waals surface area contributed by atoms with Crippen molar-refractivity contribution < 1.29 is 24.5 Å². The van der Waals surface area contributed by atoms with Crippen LogP contribution in [0.2, 0.25) is 0 Å².